The quantitative estimate of drug-likeness (QED) is 0.769. The van der Waals surface area contributed by atoms with Gasteiger partial charge in [0.2, 0.25) is 5.91 Å². The predicted octanol–water partition coefficient (Wildman–Crippen LogP) is 3.20. The van der Waals surface area contributed by atoms with Gasteiger partial charge in [-0.1, -0.05) is 11.6 Å². The van der Waals surface area contributed by atoms with Crippen LogP contribution in [-0.4, -0.2) is 19.0 Å². The molecule has 1 aliphatic rings. The summed E-state index contributed by atoms with van der Waals surface area (Å²) >= 11 is 7.54. The van der Waals surface area contributed by atoms with E-state index in [2.05, 4.69) is 10.6 Å². The highest BCUT2D eigenvalue weighted by Gasteiger charge is 2.29. The molecule has 3 rings (SSSR count). The lowest BCUT2D eigenvalue weighted by Crippen LogP contribution is -2.34. The van der Waals surface area contributed by atoms with Gasteiger partial charge in [-0.25, -0.2) is 0 Å². The fraction of sp³-hybridized carbons (Fsp3) is 0.400. The maximum absolute atomic E-state index is 11.6. The van der Waals surface area contributed by atoms with Gasteiger partial charge < -0.3 is 15.1 Å². The summed E-state index contributed by atoms with van der Waals surface area (Å²) in [6.07, 6.45) is 3.72. The molecule has 112 valence electrons. The van der Waals surface area contributed by atoms with Gasteiger partial charge in [-0.05, 0) is 37.1 Å². The number of carbonyl (C=O) groups excluding carboxylic acids is 1. The van der Waals surface area contributed by atoms with Crippen molar-refractivity contribution in [3.8, 4) is 0 Å². The molecule has 6 heteroatoms. The van der Waals surface area contributed by atoms with Crippen molar-refractivity contribution in [2.24, 2.45) is 5.92 Å². The first kappa shape index (κ1) is 14.6. The van der Waals surface area contributed by atoms with Crippen molar-refractivity contribution in [1.82, 2.24) is 10.6 Å². The second-order valence-corrected chi connectivity index (χ2v) is 6.86. The Morgan fingerprint density at radius 2 is 2.24 bits per heavy atom. The van der Waals surface area contributed by atoms with Crippen molar-refractivity contribution in [1.29, 1.82) is 0 Å². The van der Waals surface area contributed by atoms with Gasteiger partial charge in [0.25, 0.3) is 0 Å². The van der Waals surface area contributed by atoms with Crippen LogP contribution in [0.5, 0.6) is 0 Å². The smallest absolute Gasteiger partial charge is 0.223 e. The molecule has 0 saturated heterocycles. The van der Waals surface area contributed by atoms with Crippen molar-refractivity contribution in [2.45, 2.75) is 18.9 Å². The Balaban J connectivity index is 1.56. The van der Waals surface area contributed by atoms with Crippen molar-refractivity contribution in [3.63, 3.8) is 0 Å². The molecular weight excluding hydrogens is 308 g/mol. The van der Waals surface area contributed by atoms with Crippen LogP contribution < -0.4 is 10.6 Å². The van der Waals surface area contributed by atoms with Crippen LogP contribution in [0.25, 0.3) is 0 Å². The zero-order valence-corrected chi connectivity index (χ0v) is 13.0. The molecule has 2 heterocycles. The summed E-state index contributed by atoms with van der Waals surface area (Å²) in [4.78, 5) is 12.7. The third-order valence-electron chi connectivity index (χ3n) is 3.43. The van der Waals surface area contributed by atoms with E-state index in [-0.39, 0.29) is 17.9 Å². The maximum Gasteiger partial charge on any atom is 0.223 e. The predicted molar refractivity (Wildman–Crippen MR) is 83.6 cm³/mol. The van der Waals surface area contributed by atoms with Gasteiger partial charge in [-0.15, -0.1) is 11.3 Å². The van der Waals surface area contributed by atoms with Crippen molar-refractivity contribution >= 4 is 28.8 Å². The summed E-state index contributed by atoms with van der Waals surface area (Å²) in [7, 11) is 0. The highest BCUT2D eigenvalue weighted by Crippen LogP contribution is 2.31. The Kier molecular flexibility index (Phi) is 4.63. The third kappa shape index (κ3) is 3.87. The second-order valence-electron chi connectivity index (χ2n) is 5.11. The lowest BCUT2D eigenvalue weighted by atomic mass is 10.2. The Bertz CT molecular complexity index is 593. The lowest BCUT2D eigenvalue weighted by Gasteiger charge is -2.15. The van der Waals surface area contributed by atoms with Crippen LogP contribution in [0.3, 0.4) is 0 Å². The molecule has 4 nitrogen and oxygen atoms in total. The van der Waals surface area contributed by atoms with Gasteiger partial charge in [0.15, 0.2) is 0 Å². The normalized spacial score (nSPS) is 15.9. The molecule has 21 heavy (non-hydrogen) atoms. The number of furan rings is 1. The lowest BCUT2D eigenvalue weighted by molar-refractivity contribution is -0.122. The fourth-order valence-electron chi connectivity index (χ4n) is 2.17. The standard InChI is InChI=1S/C15H17ClN2O2S/c16-13-6-5-12(21-13)14(11-2-1-9-20-11)17-7-8-18-15(19)10-3-4-10/h1-2,5-6,9-10,14,17H,3-4,7-8H2,(H,18,19). The van der Waals surface area contributed by atoms with E-state index in [1.807, 2.05) is 24.3 Å². The van der Waals surface area contributed by atoms with Gasteiger partial charge in [0, 0.05) is 23.9 Å². The Hall–Kier alpha value is -1.30. The molecule has 1 atom stereocenters. The van der Waals surface area contributed by atoms with E-state index in [4.69, 9.17) is 16.0 Å². The molecule has 2 aromatic rings. The van der Waals surface area contributed by atoms with Crippen molar-refractivity contribution < 1.29 is 9.21 Å². The molecule has 1 saturated carbocycles. The number of amides is 1. The SMILES string of the molecule is O=C(NCCNC(c1ccco1)c1ccc(Cl)s1)C1CC1. The van der Waals surface area contributed by atoms with Gasteiger partial charge in [-0.2, -0.15) is 0 Å². The molecule has 0 spiro atoms. The van der Waals surface area contributed by atoms with Crippen LogP contribution >= 0.6 is 22.9 Å². The average molecular weight is 325 g/mol. The first-order chi connectivity index (χ1) is 10.2. The van der Waals surface area contributed by atoms with Crippen LogP contribution in [-0.2, 0) is 4.79 Å². The number of nitrogens with one attached hydrogen (secondary N) is 2. The zero-order chi connectivity index (χ0) is 14.7. The molecule has 0 aliphatic heterocycles. The summed E-state index contributed by atoms with van der Waals surface area (Å²) in [5.41, 5.74) is 0. The Labute approximate surface area is 132 Å². The minimum atomic E-state index is -0.0321. The average Bonchev–Trinajstić information content (AvgIpc) is 3.02. The number of hydrogen-bond acceptors (Lipinski definition) is 4. The van der Waals surface area contributed by atoms with E-state index in [0.717, 1.165) is 27.8 Å². The van der Waals surface area contributed by atoms with E-state index in [9.17, 15) is 4.79 Å². The number of hydrogen-bond donors (Lipinski definition) is 2. The minimum Gasteiger partial charge on any atom is -0.467 e. The molecular formula is C15H17ClN2O2S. The number of rotatable bonds is 7. The molecule has 0 bridgehead atoms. The van der Waals surface area contributed by atoms with Gasteiger partial charge >= 0.3 is 0 Å². The number of carbonyl (C=O) groups is 1. The second kappa shape index (κ2) is 6.64. The molecule has 1 amide bonds. The summed E-state index contributed by atoms with van der Waals surface area (Å²) in [5.74, 6) is 1.27. The van der Waals surface area contributed by atoms with Crippen LogP contribution in [0.4, 0.5) is 0 Å². The highest BCUT2D eigenvalue weighted by molar-refractivity contribution is 7.16. The maximum atomic E-state index is 11.6. The summed E-state index contributed by atoms with van der Waals surface area (Å²) in [6, 6.07) is 7.65. The largest absolute Gasteiger partial charge is 0.467 e. The van der Waals surface area contributed by atoms with E-state index in [1.54, 1.807) is 6.26 Å². The minimum absolute atomic E-state index is 0.0321. The van der Waals surface area contributed by atoms with Crippen molar-refractivity contribution in [2.75, 3.05) is 13.1 Å². The molecule has 1 unspecified atom stereocenters. The molecule has 1 fully saturated rings. The number of thiophene rings is 1. The molecule has 2 N–H and O–H groups in total. The van der Waals surface area contributed by atoms with Gasteiger partial charge in [-0.3, -0.25) is 4.79 Å². The zero-order valence-electron chi connectivity index (χ0n) is 11.5. The monoisotopic (exact) mass is 324 g/mol. The van der Waals surface area contributed by atoms with E-state index >= 15 is 0 Å². The molecule has 2 aromatic heterocycles. The van der Waals surface area contributed by atoms with E-state index in [1.165, 1.54) is 11.3 Å². The Morgan fingerprint density at radius 3 is 2.86 bits per heavy atom. The fourth-order valence-corrected chi connectivity index (χ4v) is 3.32. The van der Waals surface area contributed by atoms with E-state index < -0.39 is 0 Å². The summed E-state index contributed by atoms with van der Waals surface area (Å²) < 4.78 is 6.25. The first-order valence-electron chi connectivity index (χ1n) is 7.04. The van der Waals surface area contributed by atoms with Gasteiger partial charge in [0.1, 0.15) is 11.8 Å². The van der Waals surface area contributed by atoms with E-state index in [0.29, 0.717) is 13.1 Å². The summed E-state index contributed by atoms with van der Waals surface area (Å²) in [5, 5.41) is 6.36. The molecule has 0 aromatic carbocycles. The van der Waals surface area contributed by atoms with Gasteiger partial charge in [0.05, 0.1) is 10.6 Å². The summed E-state index contributed by atoms with van der Waals surface area (Å²) in [6.45, 7) is 1.30. The van der Waals surface area contributed by atoms with Crippen LogP contribution in [0.1, 0.15) is 29.5 Å². The molecule has 1 aliphatic carbocycles. The highest BCUT2D eigenvalue weighted by atomic mass is 35.5. The molecule has 0 radical (unpaired) electrons. The first-order valence-corrected chi connectivity index (χ1v) is 8.23. The van der Waals surface area contributed by atoms with Crippen molar-refractivity contribution in [3.05, 3.63) is 45.5 Å². The third-order valence-corrected chi connectivity index (χ3v) is 4.72. The number of halogens is 1. The Morgan fingerprint density at radius 1 is 1.38 bits per heavy atom. The topological polar surface area (TPSA) is 54.3 Å². The van der Waals surface area contributed by atoms with Crippen LogP contribution in [0.2, 0.25) is 4.34 Å². The van der Waals surface area contributed by atoms with Crippen LogP contribution in [0, 0.1) is 5.92 Å². The van der Waals surface area contributed by atoms with Crippen LogP contribution in [0.15, 0.2) is 34.9 Å².